The van der Waals surface area contributed by atoms with Crippen molar-refractivity contribution in [2.45, 2.75) is 0 Å². The Kier molecular flexibility index (Phi) is 4.04. The Balaban J connectivity index is 1.61. The van der Waals surface area contributed by atoms with Gasteiger partial charge >= 0.3 is 0 Å². The molecule has 0 saturated heterocycles. The van der Waals surface area contributed by atoms with Gasteiger partial charge in [-0.05, 0) is 42.0 Å². The molecule has 5 nitrogen and oxygen atoms in total. The van der Waals surface area contributed by atoms with Crippen LogP contribution in [0.4, 0.5) is 0 Å². The lowest BCUT2D eigenvalue weighted by atomic mass is 10.0. The van der Waals surface area contributed by atoms with E-state index in [4.69, 9.17) is 17.2 Å². The molecule has 0 amide bonds. The fourth-order valence-corrected chi connectivity index (χ4v) is 4.23. The monoisotopic (exact) mass is 419 g/mol. The molecule has 0 unspecified atom stereocenters. The molecule has 3 aromatic heterocycles. The number of rotatable bonds is 3. The predicted molar refractivity (Wildman–Crippen MR) is 127 cm³/mol. The molecule has 148 valence electrons. The summed E-state index contributed by atoms with van der Waals surface area (Å²) in [5.41, 5.74) is 7.69. The minimum atomic E-state index is 0.414. The number of hydrogen-bond acceptors (Lipinski definition) is 3. The third-order valence-electron chi connectivity index (χ3n) is 5.41. The molecule has 3 heterocycles. The highest BCUT2D eigenvalue weighted by Gasteiger charge is 2.17. The number of hydrogen-bond donors (Lipinski definition) is 3. The fraction of sp³-hybridized carbons (Fsp3) is 0. The maximum Gasteiger partial charge on any atom is 0.197 e. The molecule has 6 rings (SSSR count). The average molecular weight is 420 g/mol. The number of benzene rings is 3. The second kappa shape index (κ2) is 7.04. The minimum Gasteiger partial charge on any atom is -0.354 e. The van der Waals surface area contributed by atoms with Gasteiger partial charge in [0.05, 0.1) is 28.1 Å². The number of fused-ring (bicyclic) bond motifs is 2. The second-order valence-corrected chi connectivity index (χ2v) is 7.76. The second-order valence-electron chi connectivity index (χ2n) is 7.37. The Morgan fingerprint density at radius 1 is 0.677 bits per heavy atom. The molecule has 0 atom stereocenters. The first-order valence-electron chi connectivity index (χ1n) is 9.99. The number of aromatic amines is 3. The van der Waals surface area contributed by atoms with Crippen LogP contribution in [0.3, 0.4) is 0 Å². The van der Waals surface area contributed by atoms with E-state index in [0.29, 0.717) is 4.77 Å². The highest BCUT2D eigenvalue weighted by atomic mass is 32.1. The lowest BCUT2D eigenvalue weighted by Crippen LogP contribution is -1.94. The summed E-state index contributed by atoms with van der Waals surface area (Å²) in [6.45, 7) is 0. The molecule has 6 aromatic rings. The molecule has 6 heteroatoms. The van der Waals surface area contributed by atoms with Gasteiger partial charge in [0.15, 0.2) is 10.6 Å². The van der Waals surface area contributed by atoms with Crippen LogP contribution in [0.15, 0.2) is 84.9 Å². The molecule has 0 fully saturated rings. The number of imidazole rings is 1. The molecule has 0 aliphatic heterocycles. The molecule has 0 aliphatic rings. The number of nitrogens with zero attached hydrogens (tertiary/aromatic N) is 2. The Labute approximate surface area is 182 Å². The van der Waals surface area contributed by atoms with Crippen LogP contribution in [0.1, 0.15) is 0 Å². The topological polar surface area (TPSA) is 73.2 Å². The van der Waals surface area contributed by atoms with Crippen molar-refractivity contribution in [2.75, 3.05) is 0 Å². The number of aromatic nitrogens is 5. The van der Waals surface area contributed by atoms with Crippen LogP contribution in [-0.2, 0) is 0 Å². The van der Waals surface area contributed by atoms with Gasteiger partial charge < -0.3 is 15.0 Å². The molecular formula is C25H17N5S. The number of nitrogens with one attached hydrogen (secondary N) is 3. The Hall–Kier alpha value is -4.03. The summed E-state index contributed by atoms with van der Waals surface area (Å²) in [7, 11) is 0. The highest BCUT2D eigenvalue weighted by molar-refractivity contribution is 7.71. The summed E-state index contributed by atoms with van der Waals surface area (Å²) >= 11 is 5.51. The van der Waals surface area contributed by atoms with Gasteiger partial charge in [0.2, 0.25) is 0 Å². The number of para-hydroxylation sites is 3. The SMILES string of the molecule is S=c1nc(-c2c(-c3ccccc3)[nH]c3ccccc23)cc(-c2nc3ccccc3[nH]2)[nH]1. The van der Waals surface area contributed by atoms with Crippen molar-refractivity contribution < 1.29 is 0 Å². The van der Waals surface area contributed by atoms with Gasteiger partial charge in [0.25, 0.3) is 0 Å². The van der Waals surface area contributed by atoms with Gasteiger partial charge in [-0.3, -0.25) is 0 Å². The van der Waals surface area contributed by atoms with Gasteiger partial charge in [0.1, 0.15) is 0 Å². The summed E-state index contributed by atoms with van der Waals surface area (Å²) in [6, 6.07) is 28.5. The van der Waals surface area contributed by atoms with E-state index in [2.05, 4.69) is 44.2 Å². The van der Waals surface area contributed by atoms with Gasteiger partial charge in [-0.1, -0.05) is 60.7 Å². The van der Waals surface area contributed by atoms with E-state index in [1.807, 2.05) is 60.7 Å². The molecule has 0 saturated carbocycles. The van der Waals surface area contributed by atoms with E-state index in [0.717, 1.165) is 56.0 Å². The maximum absolute atomic E-state index is 5.51. The molecule has 0 aliphatic carbocycles. The Morgan fingerprint density at radius 3 is 2.26 bits per heavy atom. The zero-order chi connectivity index (χ0) is 20.8. The molecule has 3 aromatic carbocycles. The quantitative estimate of drug-likeness (QED) is 0.287. The summed E-state index contributed by atoms with van der Waals surface area (Å²) < 4.78 is 0.414. The average Bonchev–Trinajstić information content (AvgIpc) is 3.41. The Morgan fingerprint density at radius 2 is 1.42 bits per heavy atom. The van der Waals surface area contributed by atoms with Gasteiger partial charge in [-0.25, -0.2) is 9.97 Å². The van der Waals surface area contributed by atoms with Gasteiger partial charge in [-0.2, -0.15) is 0 Å². The standard InChI is InChI=1S/C25H17N5S/c31-25-29-20(14-21(30-25)24-27-18-12-6-7-13-19(18)28-24)22-16-10-4-5-11-17(16)26-23(22)15-8-2-1-3-9-15/h1-14,26H,(H,27,28)(H,29,30,31). The van der Waals surface area contributed by atoms with Gasteiger partial charge in [0, 0.05) is 16.5 Å². The van der Waals surface area contributed by atoms with E-state index in [1.165, 1.54) is 0 Å². The van der Waals surface area contributed by atoms with Crippen LogP contribution < -0.4 is 0 Å². The van der Waals surface area contributed by atoms with Crippen molar-refractivity contribution in [2.24, 2.45) is 0 Å². The van der Waals surface area contributed by atoms with Crippen LogP contribution in [0.25, 0.3) is 56.0 Å². The number of H-pyrrole nitrogens is 3. The van der Waals surface area contributed by atoms with Crippen molar-refractivity contribution in [1.82, 2.24) is 24.9 Å². The van der Waals surface area contributed by atoms with Crippen LogP contribution in [0, 0.1) is 4.77 Å². The van der Waals surface area contributed by atoms with Crippen molar-refractivity contribution in [3.8, 4) is 34.0 Å². The fourth-order valence-electron chi connectivity index (χ4n) is 4.02. The first kappa shape index (κ1) is 17.8. The maximum atomic E-state index is 5.51. The van der Waals surface area contributed by atoms with Crippen molar-refractivity contribution >= 4 is 34.2 Å². The van der Waals surface area contributed by atoms with Crippen molar-refractivity contribution in [3.63, 3.8) is 0 Å². The largest absolute Gasteiger partial charge is 0.354 e. The minimum absolute atomic E-state index is 0.414. The molecule has 0 spiro atoms. The highest BCUT2D eigenvalue weighted by Crippen LogP contribution is 2.38. The van der Waals surface area contributed by atoms with Crippen LogP contribution in [0.5, 0.6) is 0 Å². The zero-order valence-corrected chi connectivity index (χ0v) is 17.2. The van der Waals surface area contributed by atoms with Crippen molar-refractivity contribution in [1.29, 1.82) is 0 Å². The molecule has 3 N–H and O–H groups in total. The summed E-state index contributed by atoms with van der Waals surface area (Å²) in [5, 5.41) is 1.10. The smallest absolute Gasteiger partial charge is 0.197 e. The van der Waals surface area contributed by atoms with E-state index in [-0.39, 0.29) is 0 Å². The van der Waals surface area contributed by atoms with Crippen molar-refractivity contribution in [3.05, 3.63) is 89.7 Å². The predicted octanol–water partition coefficient (Wildman–Crippen LogP) is 6.50. The van der Waals surface area contributed by atoms with Crippen LogP contribution >= 0.6 is 12.2 Å². The third-order valence-corrected chi connectivity index (χ3v) is 5.61. The van der Waals surface area contributed by atoms with E-state index in [9.17, 15) is 0 Å². The van der Waals surface area contributed by atoms with E-state index >= 15 is 0 Å². The first-order chi connectivity index (χ1) is 15.3. The summed E-state index contributed by atoms with van der Waals surface area (Å²) in [5.74, 6) is 0.733. The lowest BCUT2D eigenvalue weighted by Gasteiger charge is -2.07. The summed E-state index contributed by atoms with van der Waals surface area (Å²) in [6.07, 6.45) is 0. The van der Waals surface area contributed by atoms with Crippen LogP contribution in [-0.4, -0.2) is 24.9 Å². The van der Waals surface area contributed by atoms with E-state index in [1.54, 1.807) is 0 Å². The Bertz CT molecular complexity index is 1580. The normalized spacial score (nSPS) is 11.4. The summed E-state index contributed by atoms with van der Waals surface area (Å²) in [4.78, 5) is 19.5. The molecular weight excluding hydrogens is 402 g/mol. The molecule has 0 radical (unpaired) electrons. The van der Waals surface area contributed by atoms with Crippen LogP contribution in [0.2, 0.25) is 0 Å². The third kappa shape index (κ3) is 3.05. The zero-order valence-electron chi connectivity index (χ0n) is 16.4. The van der Waals surface area contributed by atoms with E-state index < -0.39 is 0 Å². The first-order valence-corrected chi connectivity index (χ1v) is 10.4. The van der Waals surface area contributed by atoms with Gasteiger partial charge in [-0.15, -0.1) is 0 Å². The lowest BCUT2D eigenvalue weighted by molar-refractivity contribution is 1.12. The molecule has 0 bridgehead atoms. The molecule has 31 heavy (non-hydrogen) atoms.